The third kappa shape index (κ3) is 4.12. The van der Waals surface area contributed by atoms with E-state index in [1.807, 2.05) is 11.8 Å². The number of nitrogens with one attached hydrogen (secondary N) is 1. The second kappa shape index (κ2) is 7.44. The average molecular weight is 414 g/mol. The van der Waals surface area contributed by atoms with Gasteiger partial charge in [0.1, 0.15) is 5.84 Å². The zero-order valence-corrected chi connectivity index (χ0v) is 16.2. The van der Waals surface area contributed by atoms with Crippen LogP contribution in [0.1, 0.15) is 5.56 Å². The molecular weight excluding hydrogens is 397 g/mol. The quantitative estimate of drug-likeness (QED) is 0.726. The molecule has 1 aliphatic heterocycles. The highest BCUT2D eigenvalue weighted by Gasteiger charge is 2.22. The summed E-state index contributed by atoms with van der Waals surface area (Å²) in [5, 5.41) is 4.28. The first-order valence-corrected chi connectivity index (χ1v) is 10.0. The minimum atomic E-state index is -4.27. The molecule has 0 fully saturated rings. The normalized spacial score (nSPS) is 14.5. The van der Waals surface area contributed by atoms with Gasteiger partial charge in [0.05, 0.1) is 28.7 Å². The first-order chi connectivity index (χ1) is 12.3. The first kappa shape index (κ1) is 19.0. The maximum atomic E-state index is 11.4. The van der Waals surface area contributed by atoms with Crippen LogP contribution in [0.5, 0.6) is 0 Å². The minimum absolute atomic E-state index is 0.141. The van der Waals surface area contributed by atoms with Gasteiger partial charge in [0, 0.05) is 17.3 Å². The number of hydrogen-bond donors (Lipinski definition) is 2. The van der Waals surface area contributed by atoms with Gasteiger partial charge < -0.3 is 10.2 Å². The smallest absolute Gasteiger partial charge is 0.294 e. The number of halogens is 2. The monoisotopic (exact) mass is 413 g/mol. The van der Waals surface area contributed by atoms with E-state index in [0.29, 0.717) is 35.4 Å². The van der Waals surface area contributed by atoms with Gasteiger partial charge in [0.15, 0.2) is 0 Å². The lowest BCUT2D eigenvalue weighted by molar-refractivity contribution is 0.483. The predicted molar refractivity (Wildman–Crippen MR) is 106 cm³/mol. The van der Waals surface area contributed by atoms with E-state index in [4.69, 9.17) is 23.2 Å². The zero-order chi connectivity index (χ0) is 18.9. The highest BCUT2D eigenvalue weighted by Crippen LogP contribution is 2.28. The van der Waals surface area contributed by atoms with Crippen LogP contribution in [0.15, 0.2) is 46.3 Å². The van der Waals surface area contributed by atoms with Crippen molar-refractivity contribution in [3.63, 3.8) is 0 Å². The molecule has 0 amide bonds. The van der Waals surface area contributed by atoms with Crippen LogP contribution in [0.4, 0.5) is 11.4 Å². The van der Waals surface area contributed by atoms with E-state index in [9.17, 15) is 13.0 Å². The molecule has 0 saturated carbocycles. The number of rotatable bonds is 5. The van der Waals surface area contributed by atoms with Crippen LogP contribution in [0.2, 0.25) is 10.0 Å². The highest BCUT2D eigenvalue weighted by atomic mass is 35.5. The molecule has 26 heavy (non-hydrogen) atoms. The molecule has 0 saturated heterocycles. The van der Waals surface area contributed by atoms with E-state index in [2.05, 4.69) is 10.3 Å². The Morgan fingerprint density at radius 2 is 2.00 bits per heavy atom. The molecule has 1 heterocycles. The molecule has 2 aromatic rings. The summed E-state index contributed by atoms with van der Waals surface area (Å²) in [4.78, 5) is 6.28. The van der Waals surface area contributed by atoms with E-state index in [-0.39, 0.29) is 4.90 Å². The molecule has 138 valence electrons. The van der Waals surface area contributed by atoms with Crippen LogP contribution in [0.3, 0.4) is 0 Å². The third-order valence-corrected chi connectivity index (χ3v) is 5.46. The lowest BCUT2D eigenvalue weighted by Gasteiger charge is -2.23. The minimum Gasteiger partial charge on any atom is -0.377 e. The molecule has 0 aromatic heterocycles. The molecule has 0 bridgehead atoms. The molecule has 0 unspecified atom stereocenters. The fraction of sp³-hybridized carbons (Fsp3) is 0.235. The molecule has 2 N–H and O–H groups in total. The van der Waals surface area contributed by atoms with Crippen molar-refractivity contribution in [2.24, 2.45) is 4.99 Å². The van der Waals surface area contributed by atoms with Crippen LogP contribution >= 0.6 is 23.2 Å². The van der Waals surface area contributed by atoms with E-state index >= 15 is 0 Å². The summed E-state index contributed by atoms with van der Waals surface area (Å²) in [6.45, 7) is 3.52. The molecule has 0 radical (unpaired) electrons. The second-order valence-corrected chi connectivity index (χ2v) is 8.12. The average Bonchev–Trinajstić information content (AvgIpc) is 3.01. The fourth-order valence-corrected chi connectivity index (χ4v) is 3.73. The maximum absolute atomic E-state index is 11.4. The molecule has 0 atom stereocenters. The van der Waals surface area contributed by atoms with Crippen molar-refractivity contribution in [2.45, 2.75) is 11.8 Å². The van der Waals surface area contributed by atoms with Crippen LogP contribution in [-0.2, 0) is 10.1 Å². The SMILES string of the molecule is Cc1ccc(S(=O)(=O)O)cc1N1CCN=C1CNc1ccc(Cl)cc1Cl. The van der Waals surface area contributed by atoms with Crippen LogP contribution in [-0.4, -0.2) is 38.4 Å². The van der Waals surface area contributed by atoms with Gasteiger partial charge in [-0.25, -0.2) is 0 Å². The summed E-state index contributed by atoms with van der Waals surface area (Å²) >= 11 is 12.1. The Morgan fingerprint density at radius 3 is 2.69 bits per heavy atom. The molecule has 2 aromatic carbocycles. The third-order valence-electron chi connectivity index (χ3n) is 4.07. The van der Waals surface area contributed by atoms with Crippen molar-refractivity contribution in [3.05, 3.63) is 52.0 Å². The highest BCUT2D eigenvalue weighted by molar-refractivity contribution is 7.85. The van der Waals surface area contributed by atoms with Crippen molar-refractivity contribution in [2.75, 3.05) is 29.9 Å². The Hall–Kier alpha value is -1.80. The molecule has 0 aliphatic carbocycles. The molecule has 9 heteroatoms. The van der Waals surface area contributed by atoms with Gasteiger partial charge in [0.25, 0.3) is 10.1 Å². The summed E-state index contributed by atoms with van der Waals surface area (Å²) in [5.41, 5.74) is 2.31. The van der Waals surface area contributed by atoms with Gasteiger partial charge in [-0.05, 0) is 42.8 Å². The second-order valence-electron chi connectivity index (χ2n) is 5.85. The first-order valence-electron chi connectivity index (χ1n) is 7.83. The van der Waals surface area contributed by atoms with Gasteiger partial charge in [-0.15, -0.1) is 0 Å². The van der Waals surface area contributed by atoms with Gasteiger partial charge in [0.2, 0.25) is 0 Å². The molecule has 3 rings (SSSR count). The molecule has 6 nitrogen and oxygen atoms in total. The molecule has 0 spiro atoms. The van der Waals surface area contributed by atoms with E-state index < -0.39 is 10.1 Å². The van der Waals surface area contributed by atoms with Crippen molar-refractivity contribution in [3.8, 4) is 0 Å². The van der Waals surface area contributed by atoms with Crippen molar-refractivity contribution >= 4 is 50.5 Å². The summed E-state index contributed by atoms with van der Waals surface area (Å²) in [6.07, 6.45) is 0. The standard InChI is InChI=1S/C17H17Cl2N3O3S/c1-11-2-4-13(26(23,24)25)9-16(11)22-7-6-20-17(22)10-21-15-5-3-12(18)8-14(15)19/h2-5,8-9,21H,6-7,10H2,1H3,(H,23,24,25). The van der Waals surface area contributed by atoms with Gasteiger partial charge in [-0.2, -0.15) is 8.42 Å². The Labute approximate surface area is 162 Å². The van der Waals surface area contributed by atoms with Gasteiger partial charge in [-0.3, -0.25) is 9.55 Å². The van der Waals surface area contributed by atoms with E-state index in [1.165, 1.54) is 12.1 Å². The fourth-order valence-electron chi connectivity index (χ4n) is 2.75. The number of aryl methyl sites for hydroxylation is 1. The van der Waals surface area contributed by atoms with E-state index in [0.717, 1.165) is 17.1 Å². The topological polar surface area (TPSA) is 82.0 Å². The lowest BCUT2D eigenvalue weighted by atomic mass is 10.2. The van der Waals surface area contributed by atoms with Crippen molar-refractivity contribution in [1.29, 1.82) is 0 Å². The van der Waals surface area contributed by atoms with Crippen molar-refractivity contribution < 1.29 is 13.0 Å². The predicted octanol–water partition coefficient (Wildman–Crippen LogP) is 3.88. The molecule has 1 aliphatic rings. The number of anilines is 2. The van der Waals surface area contributed by atoms with Gasteiger partial charge in [-0.1, -0.05) is 29.3 Å². The largest absolute Gasteiger partial charge is 0.377 e. The number of amidine groups is 1. The Balaban J connectivity index is 1.82. The number of hydrogen-bond acceptors (Lipinski definition) is 5. The van der Waals surface area contributed by atoms with E-state index in [1.54, 1.807) is 24.3 Å². The van der Waals surface area contributed by atoms with Crippen LogP contribution < -0.4 is 10.2 Å². The Bertz CT molecular complexity index is 977. The zero-order valence-electron chi connectivity index (χ0n) is 13.9. The van der Waals surface area contributed by atoms with Crippen molar-refractivity contribution in [1.82, 2.24) is 0 Å². The summed E-state index contributed by atoms with van der Waals surface area (Å²) in [7, 11) is -4.27. The van der Waals surface area contributed by atoms with Gasteiger partial charge >= 0.3 is 0 Å². The maximum Gasteiger partial charge on any atom is 0.294 e. The summed E-state index contributed by atoms with van der Waals surface area (Å²) < 4.78 is 32.2. The van der Waals surface area contributed by atoms with Crippen LogP contribution in [0, 0.1) is 6.92 Å². The number of aliphatic imine (C=N–C) groups is 1. The van der Waals surface area contributed by atoms with Crippen LogP contribution in [0.25, 0.3) is 0 Å². The Morgan fingerprint density at radius 1 is 1.23 bits per heavy atom. The summed E-state index contributed by atoms with van der Waals surface area (Å²) in [5.74, 6) is 0.756. The number of nitrogens with zero attached hydrogens (tertiary/aromatic N) is 2. The Kier molecular flexibility index (Phi) is 5.43. The summed E-state index contributed by atoms with van der Waals surface area (Å²) in [6, 6.07) is 9.68. The lowest BCUT2D eigenvalue weighted by Crippen LogP contribution is -2.33. The molecular formula is C17H17Cl2N3O3S. The number of benzene rings is 2.